The van der Waals surface area contributed by atoms with Gasteiger partial charge in [0.2, 0.25) is 0 Å². The number of hydrogen-bond donors (Lipinski definition) is 1. The van der Waals surface area contributed by atoms with E-state index in [0.29, 0.717) is 12.4 Å². The van der Waals surface area contributed by atoms with Crippen LogP contribution < -0.4 is 5.32 Å². The summed E-state index contributed by atoms with van der Waals surface area (Å²) in [6.45, 7) is 14.9. The Morgan fingerprint density at radius 3 is 2.29 bits per heavy atom. The van der Waals surface area contributed by atoms with Crippen molar-refractivity contribution in [3.63, 3.8) is 0 Å². The zero-order valence-electron chi connectivity index (χ0n) is 9.89. The second kappa shape index (κ2) is 12.0. The van der Waals surface area contributed by atoms with Crippen LogP contribution in [-0.2, 0) is 4.74 Å². The smallest absolute Gasteiger partial charge is 0.112 e. The van der Waals surface area contributed by atoms with Crippen LogP contribution in [0.2, 0.25) is 0 Å². The molecule has 0 atom stereocenters. The zero-order chi connectivity index (χ0) is 11.4. The van der Waals surface area contributed by atoms with Gasteiger partial charge >= 0.3 is 0 Å². The summed E-state index contributed by atoms with van der Waals surface area (Å²) in [5.74, 6) is 0.674. The Morgan fingerprint density at radius 1 is 1.29 bits per heavy atom. The van der Waals surface area contributed by atoms with Crippen LogP contribution in [0.3, 0.4) is 0 Å². The summed E-state index contributed by atoms with van der Waals surface area (Å²) < 4.78 is 5.25. The van der Waals surface area contributed by atoms with Gasteiger partial charge in [-0.25, -0.2) is 0 Å². The van der Waals surface area contributed by atoms with E-state index in [-0.39, 0.29) is 0 Å². The van der Waals surface area contributed by atoms with Crippen molar-refractivity contribution in [3.05, 3.63) is 36.6 Å². The van der Waals surface area contributed by atoms with Crippen molar-refractivity contribution in [2.24, 2.45) is 0 Å². The Balaban J connectivity index is 0. The molecule has 0 aromatic rings. The summed E-state index contributed by atoms with van der Waals surface area (Å²) in [5, 5.41) is 2.98. The third-order valence-electron chi connectivity index (χ3n) is 1.19. The van der Waals surface area contributed by atoms with Gasteiger partial charge in [-0.2, -0.15) is 0 Å². The van der Waals surface area contributed by atoms with E-state index < -0.39 is 0 Å². The average Bonchev–Trinajstić information content (AvgIpc) is 2.18. The molecule has 0 radical (unpaired) electrons. The quantitative estimate of drug-likeness (QED) is 0.401. The van der Waals surface area contributed by atoms with Gasteiger partial charge in [0.15, 0.2) is 0 Å². The Kier molecular flexibility index (Phi) is 13.2. The molecule has 0 aromatic carbocycles. The van der Waals surface area contributed by atoms with Gasteiger partial charge in [-0.15, -0.1) is 0 Å². The van der Waals surface area contributed by atoms with Crippen molar-refractivity contribution >= 4 is 0 Å². The number of nitrogens with one attached hydrogen (secondary N) is 1. The van der Waals surface area contributed by atoms with Crippen LogP contribution >= 0.6 is 0 Å². The summed E-state index contributed by atoms with van der Waals surface area (Å²) in [6.07, 6.45) is 3.69. The van der Waals surface area contributed by atoms with Crippen LogP contribution in [0.15, 0.2) is 36.6 Å². The van der Waals surface area contributed by atoms with Crippen LogP contribution in [0.5, 0.6) is 0 Å². The lowest BCUT2D eigenvalue weighted by molar-refractivity contribution is 0.228. The van der Waals surface area contributed by atoms with Crippen molar-refractivity contribution in [1.29, 1.82) is 0 Å². The fraction of sp³-hybridized carbons (Fsp3) is 0.500. The second-order valence-electron chi connectivity index (χ2n) is 2.60. The minimum absolute atomic E-state index is 0.649. The van der Waals surface area contributed by atoms with Gasteiger partial charge in [-0.3, -0.25) is 0 Å². The highest BCUT2D eigenvalue weighted by Crippen LogP contribution is 1.98. The molecule has 0 unspecified atom stereocenters. The summed E-state index contributed by atoms with van der Waals surface area (Å²) in [5.41, 5.74) is 0.994. The molecule has 0 amide bonds. The van der Waals surface area contributed by atoms with Crippen LogP contribution in [0.25, 0.3) is 0 Å². The highest BCUT2D eigenvalue weighted by molar-refractivity contribution is 5.19. The first kappa shape index (κ1) is 15.5. The van der Waals surface area contributed by atoms with Crippen molar-refractivity contribution in [2.75, 3.05) is 20.2 Å². The maximum absolute atomic E-state index is 5.25. The highest BCUT2D eigenvalue weighted by atomic mass is 16.5. The van der Waals surface area contributed by atoms with E-state index in [1.165, 1.54) is 0 Å². The topological polar surface area (TPSA) is 21.3 Å². The predicted molar refractivity (Wildman–Crippen MR) is 64.3 cm³/mol. The fourth-order valence-electron chi connectivity index (χ4n) is 0.568. The molecule has 0 bridgehead atoms. The van der Waals surface area contributed by atoms with Crippen molar-refractivity contribution < 1.29 is 4.74 Å². The molecule has 0 aliphatic rings. The maximum atomic E-state index is 5.25. The van der Waals surface area contributed by atoms with Gasteiger partial charge in [0.05, 0.1) is 0 Å². The normalized spacial score (nSPS) is 9.14. The van der Waals surface area contributed by atoms with Crippen molar-refractivity contribution in [1.82, 2.24) is 5.32 Å². The fourth-order valence-corrected chi connectivity index (χ4v) is 0.568. The van der Waals surface area contributed by atoms with E-state index in [9.17, 15) is 0 Å². The molecular weight excluding hydrogens is 174 g/mol. The molecule has 0 aliphatic carbocycles. The van der Waals surface area contributed by atoms with Gasteiger partial charge in [0.1, 0.15) is 12.4 Å². The van der Waals surface area contributed by atoms with Gasteiger partial charge in [0.25, 0.3) is 0 Å². The van der Waals surface area contributed by atoms with Gasteiger partial charge < -0.3 is 10.1 Å². The summed E-state index contributed by atoms with van der Waals surface area (Å²) in [7, 11) is 1.88. The zero-order valence-corrected chi connectivity index (χ0v) is 9.89. The third-order valence-corrected chi connectivity index (χ3v) is 1.19. The summed E-state index contributed by atoms with van der Waals surface area (Å²) >= 11 is 0. The Bertz CT molecular complexity index is 183. The minimum atomic E-state index is 0.649. The van der Waals surface area contributed by atoms with Crippen molar-refractivity contribution in [3.8, 4) is 0 Å². The molecule has 0 spiro atoms. The first-order valence-corrected chi connectivity index (χ1v) is 4.96. The number of hydrogen-bond acceptors (Lipinski definition) is 2. The molecule has 0 heterocycles. The van der Waals surface area contributed by atoms with Crippen LogP contribution in [0.4, 0.5) is 0 Å². The van der Waals surface area contributed by atoms with Crippen LogP contribution in [0, 0.1) is 0 Å². The lowest BCUT2D eigenvalue weighted by Gasteiger charge is -2.03. The van der Waals surface area contributed by atoms with E-state index in [2.05, 4.69) is 18.5 Å². The van der Waals surface area contributed by atoms with Crippen LogP contribution in [0.1, 0.15) is 20.8 Å². The third kappa shape index (κ3) is 13.6. The van der Waals surface area contributed by atoms with Gasteiger partial charge in [-0.05, 0) is 20.0 Å². The Labute approximate surface area is 88.4 Å². The standard InChI is InChI=1S/C10H17NO.C2H6/c1-9(2)5-6-10(3)12-8-7-11-4;1-2/h5-6,11H,1,3,7-8H2,2,4H3;1-2H3/b6-5-;. The number of ether oxygens (including phenoxy) is 1. The van der Waals surface area contributed by atoms with E-state index in [0.717, 1.165) is 12.1 Å². The first-order valence-electron chi connectivity index (χ1n) is 4.96. The Morgan fingerprint density at radius 2 is 1.86 bits per heavy atom. The molecule has 0 aliphatic heterocycles. The minimum Gasteiger partial charge on any atom is -0.493 e. The number of likely N-dealkylation sites (N-methyl/N-ethyl adjacent to an activating group) is 1. The lowest BCUT2D eigenvalue weighted by atomic mass is 10.3. The molecule has 2 heteroatoms. The first-order chi connectivity index (χ1) is 6.66. The summed E-state index contributed by atoms with van der Waals surface area (Å²) in [6, 6.07) is 0. The van der Waals surface area contributed by atoms with Gasteiger partial charge in [-0.1, -0.05) is 38.7 Å². The molecule has 0 saturated carbocycles. The summed E-state index contributed by atoms with van der Waals surface area (Å²) in [4.78, 5) is 0. The SMILES string of the molecule is C=C(C)/C=C\C(=C)OCCNC.CC. The molecule has 82 valence electrons. The number of rotatable bonds is 6. The van der Waals surface area contributed by atoms with E-state index >= 15 is 0 Å². The van der Waals surface area contributed by atoms with Crippen molar-refractivity contribution in [2.45, 2.75) is 20.8 Å². The van der Waals surface area contributed by atoms with E-state index in [1.54, 1.807) is 0 Å². The van der Waals surface area contributed by atoms with Gasteiger partial charge in [0, 0.05) is 6.54 Å². The largest absolute Gasteiger partial charge is 0.493 e. The predicted octanol–water partition coefficient (Wildman–Crippen LogP) is 2.89. The molecule has 0 aromatic heterocycles. The van der Waals surface area contributed by atoms with E-state index in [4.69, 9.17) is 4.74 Å². The molecule has 1 N–H and O–H groups in total. The Hall–Kier alpha value is -1.02. The maximum Gasteiger partial charge on any atom is 0.112 e. The lowest BCUT2D eigenvalue weighted by Crippen LogP contribution is -2.13. The monoisotopic (exact) mass is 197 g/mol. The number of allylic oxidation sites excluding steroid dienone is 3. The van der Waals surface area contributed by atoms with E-state index in [1.807, 2.05) is 40.0 Å². The molecular formula is C12H23NO. The molecule has 14 heavy (non-hydrogen) atoms. The molecule has 0 fully saturated rings. The molecule has 0 rings (SSSR count). The highest BCUT2D eigenvalue weighted by Gasteiger charge is 1.87. The van der Waals surface area contributed by atoms with Crippen LogP contribution in [-0.4, -0.2) is 20.2 Å². The molecule has 2 nitrogen and oxygen atoms in total. The molecule has 0 saturated heterocycles. The second-order valence-corrected chi connectivity index (χ2v) is 2.60. The average molecular weight is 197 g/mol.